The quantitative estimate of drug-likeness (QED) is 0.816. The van der Waals surface area contributed by atoms with Crippen LogP contribution in [-0.4, -0.2) is 34.5 Å². The first-order valence-corrected chi connectivity index (χ1v) is 7.68. The molecule has 0 bridgehead atoms. The van der Waals surface area contributed by atoms with Crippen LogP contribution in [0.5, 0.6) is 0 Å². The molecular formula is C11H14N4O2S. The molecule has 2 aromatic heterocycles. The Morgan fingerprint density at radius 2 is 2.17 bits per heavy atom. The minimum absolute atomic E-state index is 0.0828. The van der Waals surface area contributed by atoms with E-state index in [-0.39, 0.29) is 17.4 Å². The zero-order valence-electron chi connectivity index (χ0n) is 9.78. The van der Waals surface area contributed by atoms with Crippen LogP contribution in [0, 0.1) is 0 Å². The Hall–Kier alpha value is -1.63. The molecule has 1 saturated heterocycles. The Balaban J connectivity index is 2.06. The van der Waals surface area contributed by atoms with E-state index in [1.54, 1.807) is 22.7 Å². The van der Waals surface area contributed by atoms with Crippen LogP contribution in [-0.2, 0) is 9.84 Å². The third-order valence-corrected chi connectivity index (χ3v) is 5.10. The van der Waals surface area contributed by atoms with Gasteiger partial charge in [0.25, 0.3) is 0 Å². The lowest BCUT2D eigenvalue weighted by atomic mass is 10.1. The van der Waals surface area contributed by atoms with E-state index in [2.05, 4.69) is 10.2 Å². The lowest BCUT2D eigenvalue weighted by Crippen LogP contribution is -2.25. The molecule has 1 fully saturated rings. The molecule has 6 nitrogen and oxygen atoms in total. The predicted molar refractivity (Wildman–Crippen MR) is 68.0 cm³/mol. The van der Waals surface area contributed by atoms with E-state index < -0.39 is 9.84 Å². The van der Waals surface area contributed by atoms with Gasteiger partial charge in [-0.2, -0.15) is 0 Å². The number of hydrogen-bond acceptors (Lipinski definition) is 5. The Bertz CT molecular complexity index is 692. The molecule has 0 aliphatic carbocycles. The van der Waals surface area contributed by atoms with Crippen LogP contribution in [0.3, 0.4) is 0 Å². The van der Waals surface area contributed by atoms with Gasteiger partial charge in [-0.05, 0) is 25.0 Å². The zero-order chi connectivity index (χ0) is 12.8. The lowest BCUT2D eigenvalue weighted by molar-refractivity contribution is 0.541. The zero-order valence-corrected chi connectivity index (χ0v) is 10.6. The number of nitrogen functional groups attached to an aromatic ring is 1. The van der Waals surface area contributed by atoms with Crippen molar-refractivity contribution < 1.29 is 8.42 Å². The maximum atomic E-state index is 11.7. The van der Waals surface area contributed by atoms with Crippen LogP contribution in [0.2, 0.25) is 0 Å². The molecule has 0 saturated carbocycles. The van der Waals surface area contributed by atoms with Gasteiger partial charge in [0, 0.05) is 17.8 Å². The van der Waals surface area contributed by atoms with Crippen molar-refractivity contribution in [3.05, 3.63) is 24.2 Å². The lowest BCUT2D eigenvalue weighted by Gasteiger charge is -2.20. The summed E-state index contributed by atoms with van der Waals surface area (Å²) >= 11 is 0. The second kappa shape index (κ2) is 3.94. The number of sulfone groups is 1. The number of nitrogens with two attached hydrogens (primary N) is 1. The van der Waals surface area contributed by atoms with Gasteiger partial charge < -0.3 is 5.73 Å². The molecule has 2 N–H and O–H groups in total. The van der Waals surface area contributed by atoms with E-state index in [1.807, 2.05) is 0 Å². The van der Waals surface area contributed by atoms with E-state index in [4.69, 9.17) is 5.73 Å². The number of hydrogen-bond donors (Lipinski definition) is 1. The third kappa shape index (κ3) is 1.94. The van der Waals surface area contributed by atoms with Crippen LogP contribution in [0.4, 0.5) is 5.69 Å². The number of nitrogens with zero attached hydrogens (tertiary/aromatic N) is 3. The molecular weight excluding hydrogens is 252 g/mol. The standard InChI is InChI=1S/C11H14N4O2S/c12-9-3-4-10-13-14-11(15(10)6-9)8-2-1-5-18(16,17)7-8/h3-4,6,8H,1-2,5,7,12H2. The summed E-state index contributed by atoms with van der Waals surface area (Å²) in [6, 6.07) is 3.54. The van der Waals surface area contributed by atoms with Crippen LogP contribution < -0.4 is 5.73 Å². The topological polar surface area (TPSA) is 90.3 Å². The van der Waals surface area contributed by atoms with Gasteiger partial charge in [-0.15, -0.1) is 10.2 Å². The summed E-state index contributed by atoms with van der Waals surface area (Å²) in [7, 11) is -2.95. The summed E-state index contributed by atoms with van der Waals surface area (Å²) < 4.78 is 25.1. The Kier molecular flexibility index (Phi) is 2.51. The minimum atomic E-state index is -2.95. The molecule has 1 unspecified atom stereocenters. The average molecular weight is 266 g/mol. The normalized spacial score (nSPS) is 23.2. The first-order valence-electron chi connectivity index (χ1n) is 5.86. The van der Waals surface area contributed by atoms with E-state index >= 15 is 0 Å². The smallest absolute Gasteiger partial charge is 0.160 e. The molecule has 1 aliphatic rings. The van der Waals surface area contributed by atoms with Gasteiger partial charge in [0.15, 0.2) is 15.5 Å². The second-order valence-corrected chi connectivity index (χ2v) is 6.93. The molecule has 2 aromatic rings. The number of pyridine rings is 1. The second-order valence-electron chi connectivity index (χ2n) is 4.70. The first kappa shape index (κ1) is 11.5. The highest BCUT2D eigenvalue weighted by molar-refractivity contribution is 7.91. The Labute approximate surface area is 105 Å². The van der Waals surface area contributed by atoms with Crippen LogP contribution in [0.1, 0.15) is 24.6 Å². The van der Waals surface area contributed by atoms with Gasteiger partial charge in [0.1, 0.15) is 5.82 Å². The molecule has 96 valence electrons. The van der Waals surface area contributed by atoms with Crippen molar-refractivity contribution in [1.29, 1.82) is 0 Å². The fraction of sp³-hybridized carbons (Fsp3) is 0.455. The van der Waals surface area contributed by atoms with Crippen molar-refractivity contribution in [3.8, 4) is 0 Å². The highest BCUT2D eigenvalue weighted by Gasteiger charge is 2.29. The van der Waals surface area contributed by atoms with Crippen molar-refractivity contribution in [2.24, 2.45) is 0 Å². The van der Waals surface area contributed by atoms with Crippen LogP contribution in [0.15, 0.2) is 18.3 Å². The van der Waals surface area contributed by atoms with E-state index in [0.717, 1.165) is 6.42 Å². The molecule has 0 amide bonds. The minimum Gasteiger partial charge on any atom is -0.398 e. The monoisotopic (exact) mass is 266 g/mol. The van der Waals surface area contributed by atoms with E-state index in [1.165, 1.54) is 0 Å². The van der Waals surface area contributed by atoms with Crippen molar-refractivity contribution in [3.63, 3.8) is 0 Å². The van der Waals surface area contributed by atoms with Gasteiger partial charge in [0.05, 0.1) is 11.5 Å². The maximum absolute atomic E-state index is 11.7. The molecule has 1 atom stereocenters. The summed E-state index contributed by atoms with van der Waals surface area (Å²) in [6.07, 6.45) is 3.25. The van der Waals surface area contributed by atoms with E-state index in [0.29, 0.717) is 23.6 Å². The van der Waals surface area contributed by atoms with Crippen molar-refractivity contribution in [2.45, 2.75) is 18.8 Å². The molecule has 0 aromatic carbocycles. The molecule has 18 heavy (non-hydrogen) atoms. The number of aromatic nitrogens is 3. The van der Waals surface area contributed by atoms with Crippen molar-refractivity contribution in [2.75, 3.05) is 17.2 Å². The van der Waals surface area contributed by atoms with Gasteiger partial charge in [-0.25, -0.2) is 8.42 Å². The van der Waals surface area contributed by atoms with Crippen molar-refractivity contribution in [1.82, 2.24) is 14.6 Å². The summed E-state index contributed by atoms with van der Waals surface area (Å²) in [5.41, 5.74) is 7.05. The van der Waals surface area contributed by atoms with Crippen molar-refractivity contribution >= 4 is 21.2 Å². The van der Waals surface area contributed by atoms with Gasteiger partial charge in [-0.3, -0.25) is 4.40 Å². The summed E-state index contributed by atoms with van der Waals surface area (Å²) in [6.45, 7) is 0. The number of anilines is 1. The van der Waals surface area contributed by atoms with Gasteiger partial charge in [-0.1, -0.05) is 0 Å². The molecule has 3 heterocycles. The van der Waals surface area contributed by atoms with Crippen LogP contribution in [0.25, 0.3) is 5.65 Å². The average Bonchev–Trinajstić information content (AvgIpc) is 2.70. The molecule has 3 rings (SSSR count). The Morgan fingerprint density at radius 1 is 1.33 bits per heavy atom. The summed E-state index contributed by atoms with van der Waals surface area (Å²) in [4.78, 5) is 0. The fourth-order valence-electron chi connectivity index (χ4n) is 2.43. The highest BCUT2D eigenvalue weighted by Crippen LogP contribution is 2.27. The number of fused-ring (bicyclic) bond motifs is 1. The maximum Gasteiger partial charge on any atom is 0.160 e. The van der Waals surface area contributed by atoms with Gasteiger partial charge >= 0.3 is 0 Å². The fourth-order valence-corrected chi connectivity index (χ4v) is 4.13. The molecule has 0 radical (unpaired) electrons. The molecule has 7 heteroatoms. The highest BCUT2D eigenvalue weighted by atomic mass is 32.2. The SMILES string of the molecule is Nc1ccc2nnc(C3CCCS(=O)(=O)C3)n2c1. The third-order valence-electron chi connectivity index (χ3n) is 3.28. The summed E-state index contributed by atoms with van der Waals surface area (Å²) in [5.74, 6) is 1.05. The van der Waals surface area contributed by atoms with E-state index in [9.17, 15) is 8.42 Å². The Morgan fingerprint density at radius 3 is 2.94 bits per heavy atom. The number of rotatable bonds is 1. The largest absolute Gasteiger partial charge is 0.398 e. The predicted octanol–water partition coefficient (Wildman–Crippen LogP) is 0.604. The first-order chi connectivity index (χ1) is 8.55. The summed E-state index contributed by atoms with van der Waals surface area (Å²) in [5, 5.41) is 8.16. The van der Waals surface area contributed by atoms with Gasteiger partial charge in [0.2, 0.25) is 0 Å². The van der Waals surface area contributed by atoms with Crippen LogP contribution >= 0.6 is 0 Å². The molecule has 0 spiro atoms. The molecule has 1 aliphatic heterocycles.